The normalized spacial score (nSPS) is 13.1. The van der Waals surface area contributed by atoms with Gasteiger partial charge in [0.2, 0.25) is 0 Å². The van der Waals surface area contributed by atoms with Crippen LogP contribution < -0.4 is 5.32 Å². The van der Waals surface area contributed by atoms with Crippen molar-refractivity contribution in [2.75, 3.05) is 5.32 Å². The molecule has 0 radical (unpaired) electrons. The van der Waals surface area contributed by atoms with Crippen LogP contribution in [0.3, 0.4) is 0 Å². The summed E-state index contributed by atoms with van der Waals surface area (Å²) in [6.45, 7) is 3.91. The Hall–Kier alpha value is -1.97. The number of nitrogens with one attached hydrogen (secondary N) is 1. The van der Waals surface area contributed by atoms with Crippen molar-refractivity contribution in [1.29, 1.82) is 0 Å². The zero-order chi connectivity index (χ0) is 14.8. The van der Waals surface area contributed by atoms with E-state index in [9.17, 15) is 13.2 Å². The SMILES string of the molecule is Cc1ccccc1NC(C)c1ccc(C(F)(F)F)cc1. The summed E-state index contributed by atoms with van der Waals surface area (Å²) in [5.41, 5.74) is 2.29. The third kappa shape index (κ3) is 3.32. The van der Waals surface area contributed by atoms with Gasteiger partial charge in [-0.2, -0.15) is 13.2 Å². The van der Waals surface area contributed by atoms with Gasteiger partial charge in [0.25, 0.3) is 0 Å². The minimum atomic E-state index is -4.29. The lowest BCUT2D eigenvalue weighted by Gasteiger charge is -2.18. The molecule has 1 nitrogen and oxygen atoms in total. The van der Waals surface area contributed by atoms with E-state index in [0.717, 1.165) is 28.9 Å². The van der Waals surface area contributed by atoms with E-state index in [1.165, 1.54) is 12.1 Å². The second-order valence-corrected chi connectivity index (χ2v) is 4.80. The number of rotatable bonds is 3. The highest BCUT2D eigenvalue weighted by atomic mass is 19.4. The highest BCUT2D eigenvalue weighted by molar-refractivity contribution is 5.51. The number of aryl methyl sites for hydroxylation is 1. The van der Waals surface area contributed by atoms with E-state index in [4.69, 9.17) is 0 Å². The zero-order valence-electron chi connectivity index (χ0n) is 11.3. The lowest BCUT2D eigenvalue weighted by molar-refractivity contribution is -0.137. The Balaban J connectivity index is 2.14. The molecule has 0 aromatic heterocycles. The van der Waals surface area contributed by atoms with Gasteiger partial charge < -0.3 is 5.32 Å². The molecule has 0 spiro atoms. The molecule has 0 aliphatic heterocycles. The van der Waals surface area contributed by atoms with Crippen LogP contribution >= 0.6 is 0 Å². The van der Waals surface area contributed by atoms with Crippen LogP contribution in [0, 0.1) is 6.92 Å². The van der Waals surface area contributed by atoms with Gasteiger partial charge in [-0.25, -0.2) is 0 Å². The minimum Gasteiger partial charge on any atom is -0.378 e. The van der Waals surface area contributed by atoms with E-state index in [1.807, 2.05) is 38.1 Å². The first-order valence-corrected chi connectivity index (χ1v) is 6.37. The lowest BCUT2D eigenvalue weighted by atomic mass is 10.0. The van der Waals surface area contributed by atoms with Crippen molar-refractivity contribution in [3.8, 4) is 0 Å². The van der Waals surface area contributed by atoms with Crippen LogP contribution in [0.1, 0.15) is 29.7 Å². The molecule has 2 aromatic carbocycles. The first-order chi connectivity index (χ1) is 9.38. The average molecular weight is 279 g/mol. The van der Waals surface area contributed by atoms with Crippen molar-refractivity contribution in [3.05, 3.63) is 65.2 Å². The third-order valence-corrected chi connectivity index (χ3v) is 3.26. The maximum atomic E-state index is 12.5. The monoisotopic (exact) mass is 279 g/mol. The predicted molar refractivity (Wildman–Crippen MR) is 74.7 cm³/mol. The summed E-state index contributed by atoms with van der Waals surface area (Å²) >= 11 is 0. The van der Waals surface area contributed by atoms with Gasteiger partial charge in [0, 0.05) is 11.7 Å². The van der Waals surface area contributed by atoms with Crippen molar-refractivity contribution < 1.29 is 13.2 Å². The number of hydrogen-bond donors (Lipinski definition) is 1. The Bertz CT molecular complexity index is 573. The fourth-order valence-corrected chi connectivity index (χ4v) is 2.01. The van der Waals surface area contributed by atoms with Crippen molar-refractivity contribution in [1.82, 2.24) is 0 Å². The van der Waals surface area contributed by atoms with Gasteiger partial charge in [-0.15, -0.1) is 0 Å². The van der Waals surface area contributed by atoms with Crippen LogP contribution in [0.15, 0.2) is 48.5 Å². The molecule has 106 valence electrons. The van der Waals surface area contributed by atoms with Crippen LogP contribution in [-0.4, -0.2) is 0 Å². The highest BCUT2D eigenvalue weighted by Crippen LogP contribution is 2.30. The molecule has 4 heteroatoms. The molecule has 0 saturated carbocycles. The fraction of sp³-hybridized carbons (Fsp3) is 0.250. The van der Waals surface area contributed by atoms with E-state index in [2.05, 4.69) is 5.32 Å². The van der Waals surface area contributed by atoms with Crippen LogP contribution in [0.4, 0.5) is 18.9 Å². The number of benzene rings is 2. The molecule has 2 rings (SSSR count). The number of para-hydroxylation sites is 1. The van der Waals surface area contributed by atoms with Crippen LogP contribution in [0.2, 0.25) is 0 Å². The summed E-state index contributed by atoms with van der Waals surface area (Å²) in [5.74, 6) is 0. The van der Waals surface area contributed by atoms with Crippen LogP contribution in [0.5, 0.6) is 0 Å². The number of anilines is 1. The summed E-state index contributed by atoms with van der Waals surface area (Å²) in [5, 5.41) is 3.30. The first kappa shape index (κ1) is 14.4. The van der Waals surface area contributed by atoms with Gasteiger partial charge in [-0.05, 0) is 43.2 Å². The molecule has 1 unspecified atom stereocenters. The topological polar surface area (TPSA) is 12.0 Å². The van der Waals surface area contributed by atoms with Gasteiger partial charge in [-0.1, -0.05) is 30.3 Å². The molecular formula is C16H16F3N. The van der Waals surface area contributed by atoms with Gasteiger partial charge in [0.15, 0.2) is 0 Å². The van der Waals surface area contributed by atoms with Crippen LogP contribution in [-0.2, 0) is 6.18 Å². The summed E-state index contributed by atoms with van der Waals surface area (Å²) in [6.07, 6.45) is -4.29. The van der Waals surface area contributed by atoms with Gasteiger partial charge in [-0.3, -0.25) is 0 Å². The molecule has 1 N–H and O–H groups in total. The Labute approximate surface area is 116 Å². The Morgan fingerprint density at radius 1 is 0.950 bits per heavy atom. The molecule has 0 amide bonds. The van der Waals surface area contributed by atoms with Gasteiger partial charge in [0.05, 0.1) is 5.56 Å². The Morgan fingerprint density at radius 3 is 2.10 bits per heavy atom. The lowest BCUT2D eigenvalue weighted by Crippen LogP contribution is -2.09. The molecule has 0 aliphatic carbocycles. The summed E-state index contributed by atoms with van der Waals surface area (Å²) < 4.78 is 37.5. The minimum absolute atomic E-state index is 0.0571. The number of halogens is 3. The third-order valence-electron chi connectivity index (χ3n) is 3.26. The number of hydrogen-bond acceptors (Lipinski definition) is 1. The fourth-order valence-electron chi connectivity index (χ4n) is 2.01. The number of alkyl halides is 3. The van der Waals surface area contributed by atoms with E-state index >= 15 is 0 Å². The quantitative estimate of drug-likeness (QED) is 0.815. The average Bonchev–Trinajstić information content (AvgIpc) is 2.40. The smallest absolute Gasteiger partial charge is 0.378 e. The maximum absolute atomic E-state index is 12.5. The molecule has 2 aromatic rings. The van der Waals surface area contributed by atoms with Crippen molar-refractivity contribution in [3.63, 3.8) is 0 Å². The Morgan fingerprint density at radius 2 is 1.55 bits per heavy atom. The van der Waals surface area contributed by atoms with Crippen LogP contribution in [0.25, 0.3) is 0 Å². The summed E-state index contributed by atoms with van der Waals surface area (Å²) in [7, 11) is 0. The van der Waals surface area contributed by atoms with Crippen molar-refractivity contribution >= 4 is 5.69 Å². The zero-order valence-corrected chi connectivity index (χ0v) is 11.3. The van der Waals surface area contributed by atoms with E-state index in [-0.39, 0.29) is 6.04 Å². The maximum Gasteiger partial charge on any atom is 0.416 e. The molecule has 1 atom stereocenters. The van der Waals surface area contributed by atoms with Crippen molar-refractivity contribution in [2.45, 2.75) is 26.1 Å². The molecule has 20 heavy (non-hydrogen) atoms. The largest absolute Gasteiger partial charge is 0.416 e. The van der Waals surface area contributed by atoms with E-state index in [0.29, 0.717) is 0 Å². The van der Waals surface area contributed by atoms with Gasteiger partial charge >= 0.3 is 6.18 Å². The molecule has 0 fully saturated rings. The summed E-state index contributed by atoms with van der Waals surface area (Å²) in [4.78, 5) is 0. The summed E-state index contributed by atoms with van der Waals surface area (Å²) in [6, 6.07) is 13.0. The second-order valence-electron chi connectivity index (χ2n) is 4.80. The second kappa shape index (κ2) is 5.57. The Kier molecular flexibility index (Phi) is 4.02. The molecule has 0 aliphatic rings. The van der Waals surface area contributed by atoms with E-state index in [1.54, 1.807) is 0 Å². The first-order valence-electron chi connectivity index (χ1n) is 6.37. The van der Waals surface area contributed by atoms with Gasteiger partial charge in [0.1, 0.15) is 0 Å². The van der Waals surface area contributed by atoms with E-state index < -0.39 is 11.7 Å². The standard InChI is InChI=1S/C16H16F3N/c1-11-5-3-4-6-15(11)20-12(2)13-7-9-14(10-8-13)16(17,18)19/h3-10,12,20H,1-2H3. The molecular weight excluding hydrogens is 263 g/mol. The molecule has 0 heterocycles. The predicted octanol–water partition coefficient (Wildman–Crippen LogP) is 5.19. The molecule has 0 bridgehead atoms. The highest BCUT2D eigenvalue weighted by Gasteiger charge is 2.30. The molecule has 0 saturated heterocycles. The van der Waals surface area contributed by atoms with Crippen molar-refractivity contribution in [2.24, 2.45) is 0 Å².